The summed E-state index contributed by atoms with van der Waals surface area (Å²) in [5.41, 5.74) is 0.271. The molecule has 0 amide bonds. The maximum atomic E-state index is 13.5. The number of hydrogen-bond acceptors (Lipinski definition) is 2. The van der Waals surface area contributed by atoms with E-state index in [1.54, 1.807) is 6.07 Å². The molecule has 0 radical (unpaired) electrons. The zero-order chi connectivity index (χ0) is 16.0. The second kappa shape index (κ2) is 3.93. The molecule has 0 atom stereocenters. The molecule has 1 aromatic carbocycles. The van der Waals surface area contributed by atoms with Crippen molar-refractivity contribution < 1.29 is 18.1 Å². The van der Waals surface area contributed by atoms with Gasteiger partial charge in [-0.3, -0.25) is 0 Å². The van der Waals surface area contributed by atoms with E-state index in [4.69, 9.17) is 9.31 Å². The van der Waals surface area contributed by atoms with Gasteiger partial charge in [0.25, 0.3) is 0 Å². The summed E-state index contributed by atoms with van der Waals surface area (Å²) in [5.74, 6) is -1.54. The first-order valence-corrected chi connectivity index (χ1v) is 7.91. The Bertz CT molecular complexity index is 620. The standard InChI is InChI=1S/C17H21BF2O2/c1-14(2)15(3,4)22-18(21-14)17-8-16(9-17,10-17)11-5-6-12(19)13(20)7-11/h5-7H,8-10H2,1-4H3. The van der Waals surface area contributed by atoms with Crippen LogP contribution in [0, 0.1) is 11.6 Å². The summed E-state index contributed by atoms with van der Waals surface area (Å²) < 4.78 is 38.9. The molecule has 22 heavy (non-hydrogen) atoms. The Hall–Kier alpha value is -0.935. The van der Waals surface area contributed by atoms with E-state index in [1.807, 2.05) is 0 Å². The zero-order valence-corrected chi connectivity index (χ0v) is 13.5. The van der Waals surface area contributed by atoms with Gasteiger partial charge in [-0.05, 0) is 70.1 Å². The van der Waals surface area contributed by atoms with Crippen LogP contribution >= 0.6 is 0 Å². The van der Waals surface area contributed by atoms with E-state index in [0.717, 1.165) is 24.8 Å². The van der Waals surface area contributed by atoms with Gasteiger partial charge < -0.3 is 9.31 Å². The largest absolute Gasteiger partial charge is 0.464 e. The van der Waals surface area contributed by atoms with Gasteiger partial charge in [0.2, 0.25) is 0 Å². The normalized spacial score (nSPS) is 37.6. The van der Waals surface area contributed by atoms with E-state index in [9.17, 15) is 8.78 Å². The second-order valence-corrected chi connectivity index (χ2v) is 8.39. The van der Waals surface area contributed by atoms with Crippen LogP contribution in [0.2, 0.25) is 5.31 Å². The quantitative estimate of drug-likeness (QED) is 0.761. The number of hydrogen-bond donors (Lipinski definition) is 0. The Morgan fingerprint density at radius 1 is 0.909 bits per heavy atom. The molecule has 1 heterocycles. The molecule has 118 valence electrons. The van der Waals surface area contributed by atoms with Crippen LogP contribution in [-0.2, 0) is 14.7 Å². The highest BCUT2D eigenvalue weighted by molar-refractivity contribution is 6.51. The average molecular weight is 306 g/mol. The van der Waals surface area contributed by atoms with Crippen molar-refractivity contribution in [1.29, 1.82) is 0 Å². The van der Waals surface area contributed by atoms with Crippen LogP contribution in [0.4, 0.5) is 8.78 Å². The molecule has 1 aliphatic heterocycles. The third-order valence-electron chi connectivity index (χ3n) is 6.36. The minimum absolute atomic E-state index is 0.00185. The highest BCUT2D eigenvalue weighted by Gasteiger charge is 2.76. The van der Waals surface area contributed by atoms with E-state index in [1.165, 1.54) is 12.1 Å². The maximum absolute atomic E-state index is 13.5. The first-order valence-electron chi connectivity index (χ1n) is 7.91. The first-order chi connectivity index (χ1) is 10.1. The van der Waals surface area contributed by atoms with Crippen LogP contribution < -0.4 is 0 Å². The van der Waals surface area contributed by atoms with Crippen molar-refractivity contribution in [3.63, 3.8) is 0 Å². The first kappa shape index (κ1) is 14.6. The van der Waals surface area contributed by atoms with Crippen LogP contribution in [0.3, 0.4) is 0 Å². The van der Waals surface area contributed by atoms with Gasteiger partial charge in [0.1, 0.15) is 0 Å². The monoisotopic (exact) mass is 306 g/mol. The Balaban J connectivity index is 1.51. The minimum Gasteiger partial charge on any atom is -0.403 e. The van der Waals surface area contributed by atoms with Crippen molar-refractivity contribution in [1.82, 2.24) is 0 Å². The molecule has 5 rings (SSSR count). The van der Waals surface area contributed by atoms with Crippen molar-refractivity contribution in [3.05, 3.63) is 35.4 Å². The lowest BCUT2D eigenvalue weighted by molar-refractivity contribution is -0.0385. The van der Waals surface area contributed by atoms with Gasteiger partial charge in [0, 0.05) is 5.31 Å². The van der Waals surface area contributed by atoms with Gasteiger partial charge in [0.15, 0.2) is 11.6 Å². The summed E-state index contributed by atoms with van der Waals surface area (Å²) in [6.07, 6.45) is 2.80. The van der Waals surface area contributed by atoms with E-state index in [-0.39, 0.29) is 29.0 Å². The highest BCUT2D eigenvalue weighted by atomic mass is 19.2. The molecule has 0 aromatic heterocycles. The third kappa shape index (κ3) is 1.67. The third-order valence-corrected chi connectivity index (χ3v) is 6.36. The van der Waals surface area contributed by atoms with Crippen molar-refractivity contribution in [2.24, 2.45) is 0 Å². The fourth-order valence-corrected chi connectivity index (χ4v) is 4.34. The fourth-order valence-electron chi connectivity index (χ4n) is 4.34. The molecular formula is C17H21BF2O2. The predicted molar refractivity (Wildman–Crippen MR) is 80.7 cm³/mol. The zero-order valence-electron chi connectivity index (χ0n) is 13.5. The lowest BCUT2D eigenvalue weighted by atomic mass is 9.23. The molecule has 3 aliphatic carbocycles. The Labute approximate surface area is 130 Å². The summed E-state index contributed by atoms with van der Waals surface area (Å²) in [4.78, 5) is 0. The Kier molecular flexibility index (Phi) is 2.62. The van der Waals surface area contributed by atoms with Gasteiger partial charge >= 0.3 is 7.12 Å². The average Bonchev–Trinajstić information content (AvgIpc) is 2.49. The van der Waals surface area contributed by atoms with Gasteiger partial charge in [-0.25, -0.2) is 8.78 Å². The van der Waals surface area contributed by atoms with Gasteiger partial charge in [-0.15, -0.1) is 0 Å². The lowest BCUT2D eigenvalue weighted by Crippen LogP contribution is -2.66. The van der Waals surface area contributed by atoms with Gasteiger partial charge in [-0.2, -0.15) is 0 Å². The summed E-state index contributed by atoms with van der Waals surface area (Å²) in [7, 11) is -0.190. The predicted octanol–water partition coefficient (Wildman–Crippen LogP) is 4.23. The molecule has 0 N–H and O–H groups in total. The van der Waals surface area contributed by atoms with Crippen molar-refractivity contribution >= 4 is 7.12 Å². The van der Waals surface area contributed by atoms with E-state index in [0.29, 0.717) is 0 Å². The van der Waals surface area contributed by atoms with E-state index >= 15 is 0 Å². The molecule has 2 bridgehead atoms. The van der Waals surface area contributed by atoms with Crippen LogP contribution in [0.25, 0.3) is 0 Å². The van der Waals surface area contributed by atoms with Crippen molar-refractivity contribution in [2.45, 2.75) is 68.9 Å². The molecule has 1 saturated heterocycles. The number of benzene rings is 1. The fraction of sp³-hybridized carbons (Fsp3) is 0.647. The molecule has 0 spiro atoms. The Morgan fingerprint density at radius 2 is 1.45 bits per heavy atom. The van der Waals surface area contributed by atoms with E-state index in [2.05, 4.69) is 27.7 Å². The highest BCUT2D eigenvalue weighted by Crippen LogP contribution is 2.80. The lowest BCUT2D eigenvalue weighted by Gasteiger charge is -2.71. The molecule has 4 aliphatic rings. The SMILES string of the molecule is CC1(C)OB(C23CC(c4ccc(F)c(F)c4)(C2)C3)OC1(C)C. The molecule has 2 nitrogen and oxygen atoms in total. The number of halogens is 2. The second-order valence-electron chi connectivity index (χ2n) is 8.39. The van der Waals surface area contributed by atoms with E-state index < -0.39 is 11.6 Å². The summed E-state index contributed by atoms with van der Waals surface area (Å²) in [6, 6.07) is 4.29. The number of rotatable bonds is 2. The smallest absolute Gasteiger partial charge is 0.403 e. The van der Waals surface area contributed by atoms with Crippen LogP contribution in [0.5, 0.6) is 0 Å². The molecule has 1 aromatic rings. The maximum Gasteiger partial charge on any atom is 0.464 e. The topological polar surface area (TPSA) is 18.5 Å². The molecule has 3 saturated carbocycles. The van der Waals surface area contributed by atoms with Crippen LogP contribution in [0.1, 0.15) is 52.5 Å². The molecule has 0 unspecified atom stereocenters. The summed E-state index contributed by atoms with van der Waals surface area (Å²) in [6.45, 7) is 8.24. The van der Waals surface area contributed by atoms with Gasteiger partial charge in [0.05, 0.1) is 11.2 Å². The van der Waals surface area contributed by atoms with Gasteiger partial charge in [-0.1, -0.05) is 6.07 Å². The molecule has 4 fully saturated rings. The summed E-state index contributed by atoms with van der Waals surface area (Å²) >= 11 is 0. The van der Waals surface area contributed by atoms with Crippen molar-refractivity contribution in [3.8, 4) is 0 Å². The molecular weight excluding hydrogens is 285 g/mol. The van der Waals surface area contributed by atoms with Crippen molar-refractivity contribution in [2.75, 3.05) is 0 Å². The van der Waals surface area contributed by atoms with Crippen LogP contribution in [-0.4, -0.2) is 18.3 Å². The van der Waals surface area contributed by atoms with Crippen LogP contribution in [0.15, 0.2) is 18.2 Å². The Morgan fingerprint density at radius 3 is 1.95 bits per heavy atom. The minimum atomic E-state index is -0.781. The molecule has 5 heteroatoms. The summed E-state index contributed by atoms with van der Waals surface area (Å²) in [5, 5.41) is 0.0515.